The fourth-order valence-corrected chi connectivity index (χ4v) is 6.65. The first-order valence-corrected chi connectivity index (χ1v) is 15.3. The van der Waals surface area contributed by atoms with Gasteiger partial charge in [-0.15, -0.1) is 0 Å². The summed E-state index contributed by atoms with van der Waals surface area (Å²) >= 11 is 7.41. The highest BCUT2D eigenvalue weighted by Crippen LogP contribution is 2.33. The molecule has 1 saturated heterocycles. The molecule has 1 aliphatic heterocycles. The number of halogens is 1. The third kappa shape index (κ3) is 7.28. The van der Waals surface area contributed by atoms with Gasteiger partial charge >= 0.3 is 0 Å². The summed E-state index contributed by atoms with van der Waals surface area (Å²) in [5, 5.41) is 4.70. The molecule has 0 bridgehead atoms. The van der Waals surface area contributed by atoms with Crippen molar-refractivity contribution in [1.29, 1.82) is 0 Å². The van der Waals surface area contributed by atoms with Gasteiger partial charge in [-0.25, -0.2) is 9.97 Å². The van der Waals surface area contributed by atoms with Gasteiger partial charge in [0.2, 0.25) is 5.91 Å². The molecule has 9 heteroatoms. The number of ether oxygens (including phenoxy) is 2. The molecule has 2 aromatic carbocycles. The molecule has 1 aromatic heterocycles. The Morgan fingerprint density at radius 3 is 2.40 bits per heavy atom. The van der Waals surface area contributed by atoms with E-state index in [0.717, 1.165) is 54.9 Å². The number of aromatic nitrogens is 2. The molecule has 40 heavy (non-hydrogen) atoms. The summed E-state index contributed by atoms with van der Waals surface area (Å²) in [5.41, 5.74) is 3.18. The van der Waals surface area contributed by atoms with Crippen LogP contribution in [0.4, 0.5) is 0 Å². The molecule has 0 unspecified atom stereocenters. The minimum atomic E-state index is 0.0482. The van der Waals surface area contributed by atoms with E-state index in [1.807, 2.05) is 30.3 Å². The van der Waals surface area contributed by atoms with Crippen LogP contribution in [0.3, 0.4) is 0 Å². The average molecular weight is 581 g/mol. The highest BCUT2D eigenvalue weighted by molar-refractivity contribution is 7.99. The normalized spacial score (nSPS) is 19.9. The second kappa shape index (κ2) is 13.7. The summed E-state index contributed by atoms with van der Waals surface area (Å²) in [4.78, 5) is 24.4. The predicted octanol–water partition coefficient (Wildman–Crippen LogP) is 5.90. The van der Waals surface area contributed by atoms with Crippen molar-refractivity contribution in [3.63, 3.8) is 0 Å². The lowest BCUT2D eigenvalue weighted by atomic mass is 9.89. The van der Waals surface area contributed by atoms with Crippen molar-refractivity contribution in [3.8, 4) is 22.6 Å². The van der Waals surface area contributed by atoms with Crippen LogP contribution in [0.1, 0.15) is 37.7 Å². The Labute approximate surface area is 246 Å². The lowest BCUT2D eigenvalue weighted by molar-refractivity contribution is -0.119. The molecule has 1 N–H and O–H groups in total. The SMILES string of the molecule is COc1ccc(-c2cnc(SCC(=O)N[C@@H]3CCC[C@H]3N3CCC(Cc4ccc(Cl)cc4)CC3)nc2)cc1OC. The van der Waals surface area contributed by atoms with E-state index in [1.165, 1.54) is 30.2 Å². The molecule has 0 radical (unpaired) electrons. The molecule has 5 rings (SSSR count). The van der Waals surface area contributed by atoms with E-state index in [0.29, 0.717) is 34.4 Å². The van der Waals surface area contributed by atoms with Crippen LogP contribution < -0.4 is 14.8 Å². The van der Waals surface area contributed by atoms with Gasteiger partial charge in [0.15, 0.2) is 16.7 Å². The maximum Gasteiger partial charge on any atom is 0.230 e. The number of likely N-dealkylation sites (tertiary alicyclic amines) is 1. The Kier molecular flexibility index (Phi) is 9.83. The quantitative estimate of drug-likeness (QED) is 0.236. The standard InChI is InChI=1S/C31H37ClN4O3S/c1-38-28-11-8-23(17-29(28)39-2)24-18-33-31(34-19-24)40-20-30(37)35-26-4-3-5-27(26)36-14-12-22(13-15-36)16-21-6-9-25(32)10-7-21/h6-11,17-19,22,26-27H,3-5,12-16,20H2,1-2H3,(H,35,37)/t26-,27-/m1/s1. The number of carbonyl (C=O) groups is 1. The first-order chi connectivity index (χ1) is 19.5. The molecule has 2 aliphatic rings. The van der Waals surface area contributed by atoms with Gasteiger partial charge in [-0.3, -0.25) is 9.69 Å². The molecule has 1 aliphatic carbocycles. The van der Waals surface area contributed by atoms with Crippen LogP contribution in [0.15, 0.2) is 60.0 Å². The van der Waals surface area contributed by atoms with E-state index >= 15 is 0 Å². The second-order valence-electron chi connectivity index (χ2n) is 10.6. The number of benzene rings is 2. The fraction of sp³-hybridized carbons (Fsp3) is 0.452. The zero-order chi connectivity index (χ0) is 27.9. The van der Waals surface area contributed by atoms with E-state index in [-0.39, 0.29) is 11.9 Å². The summed E-state index contributed by atoms with van der Waals surface area (Å²) in [6.45, 7) is 2.20. The van der Waals surface area contributed by atoms with Crippen LogP contribution in [0.25, 0.3) is 11.1 Å². The Morgan fingerprint density at radius 1 is 0.975 bits per heavy atom. The van der Waals surface area contributed by atoms with Crippen molar-refractivity contribution >= 4 is 29.3 Å². The van der Waals surface area contributed by atoms with Crippen LogP contribution in [-0.2, 0) is 11.2 Å². The number of carbonyl (C=O) groups excluding carboxylic acids is 1. The van der Waals surface area contributed by atoms with Crippen molar-refractivity contribution in [2.24, 2.45) is 5.92 Å². The van der Waals surface area contributed by atoms with E-state index < -0.39 is 0 Å². The maximum atomic E-state index is 12.9. The first kappa shape index (κ1) is 28.7. The smallest absolute Gasteiger partial charge is 0.230 e. The Bertz CT molecular complexity index is 1270. The lowest BCUT2D eigenvalue weighted by Gasteiger charge is -2.38. The van der Waals surface area contributed by atoms with Gasteiger partial charge < -0.3 is 14.8 Å². The second-order valence-corrected chi connectivity index (χ2v) is 12.0. The zero-order valence-electron chi connectivity index (χ0n) is 23.1. The molecule has 1 amide bonds. The van der Waals surface area contributed by atoms with Gasteiger partial charge in [0.1, 0.15) is 0 Å². The largest absolute Gasteiger partial charge is 0.493 e. The summed E-state index contributed by atoms with van der Waals surface area (Å²) in [7, 11) is 3.23. The van der Waals surface area contributed by atoms with Crippen LogP contribution in [0, 0.1) is 5.92 Å². The molecule has 3 aromatic rings. The van der Waals surface area contributed by atoms with Crippen molar-refractivity contribution in [3.05, 3.63) is 65.4 Å². The van der Waals surface area contributed by atoms with E-state index in [1.54, 1.807) is 26.6 Å². The van der Waals surface area contributed by atoms with Crippen molar-refractivity contribution in [1.82, 2.24) is 20.2 Å². The molecular weight excluding hydrogens is 544 g/mol. The number of hydrogen-bond donors (Lipinski definition) is 1. The van der Waals surface area contributed by atoms with Crippen molar-refractivity contribution in [2.45, 2.75) is 55.8 Å². The minimum Gasteiger partial charge on any atom is -0.493 e. The number of piperidine rings is 1. The van der Waals surface area contributed by atoms with Gasteiger partial charge in [-0.1, -0.05) is 41.6 Å². The first-order valence-electron chi connectivity index (χ1n) is 14.0. The molecular formula is C31H37ClN4O3S. The molecule has 212 valence electrons. The summed E-state index contributed by atoms with van der Waals surface area (Å²) in [6.07, 6.45) is 10.4. The molecule has 2 atom stereocenters. The number of amides is 1. The zero-order valence-corrected chi connectivity index (χ0v) is 24.7. The third-order valence-corrected chi connectivity index (χ3v) is 9.19. The molecule has 2 heterocycles. The van der Waals surface area contributed by atoms with Crippen LogP contribution >= 0.6 is 23.4 Å². The van der Waals surface area contributed by atoms with Gasteiger partial charge in [-0.2, -0.15) is 0 Å². The number of nitrogens with one attached hydrogen (secondary N) is 1. The van der Waals surface area contributed by atoms with E-state index in [4.69, 9.17) is 21.1 Å². The van der Waals surface area contributed by atoms with Crippen LogP contribution in [0.2, 0.25) is 5.02 Å². The van der Waals surface area contributed by atoms with Gasteiger partial charge in [0, 0.05) is 35.1 Å². The molecule has 2 fully saturated rings. The van der Waals surface area contributed by atoms with Gasteiger partial charge in [-0.05, 0) is 92.9 Å². The average Bonchev–Trinajstić information content (AvgIpc) is 3.45. The highest BCUT2D eigenvalue weighted by Gasteiger charge is 2.35. The predicted molar refractivity (Wildman–Crippen MR) is 160 cm³/mol. The van der Waals surface area contributed by atoms with Crippen molar-refractivity contribution < 1.29 is 14.3 Å². The number of hydrogen-bond acceptors (Lipinski definition) is 7. The minimum absolute atomic E-state index is 0.0482. The molecule has 0 spiro atoms. The summed E-state index contributed by atoms with van der Waals surface area (Å²) in [6, 6.07) is 14.6. The topological polar surface area (TPSA) is 76.6 Å². The summed E-state index contributed by atoms with van der Waals surface area (Å²) in [5.74, 6) is 2.40. The molecule has 1 saturated carbocycles. The highest BCUT2D eigenvalue weighted by atomic mass is 35.5. The Morgan fingerprint density at radius 2 is 1.70 bits per heavy atom. The number of rotatable bonds is 10. The lowest BCUT2D eigenvalue weighted by Crippen LogP contribution is -2.51. The third-order valence-electron chi connectivity index (χ3n) is 8.06. The number of nitrogens with zero attached hydrogens (tertiary/aromatic N) is 3. The summed E-state index contributed by atoms with van der Waals surface area (Å²) < 4.78 is 10.7. The Hall–Kier alpha value is -2.81. The fourth-order valence-electron chi connectivity index (χ4n) is 5.92. The number of thioether (sulfide) groups is 1. The van der Waals surface area contributed by atoms with Gasteiger partial charge in [0.05, 0.1) is 20.0 Å². The van der Waals surface area contributed by atoms with E-state index in [2.05, 4.69) is 32.3 Å². The van der Waals surface area contributed by atoms with Crippen molar-refractivity contribution in [2.75, 3.05) is 33.1 Å². The van der Waals surface area contributed by atoms with Crippen LogP contribution in [-0.4, -0.2) is 65.9 Å². The maximum absolute atomic E-state index is 12.9. The Balaban J connectivity index is 1.08. The molecule has 7 nitrogen and oxygen atoms in total. The van der Waals surface area contributed by atoms with Crippen LogP contribution in [0.5, 0.6) is 11.5 Å². The van der Waals surface area contributed by atoms with E-state index in [9.17, 15) is 4.79 Å². The van der Waals surface area contributed by atoms with Gasteiger partial charge in [0.25, 0.3) is 0 Å². The number of methoxy groups -OCH3 is 2. The monoisotopic (exact) mass is 580 g/mol.